The van der Waals surface area contributed by atoms with Crippen LogP contribution in [-0.2, 0) is 11.3 Å². The largest absolute Gasteiger partial charge is 0.478 e. The van der Waals surface area contributed by atoms with E-state index in [0.717, 1.165) is 28.1 Å². The molecule has 1 fully saturated rings. The molecule has 0 unspecified atom stereocenters. The highest BCUT2D eigenvalue weighted by atomic mass is 32.2. The van der Waals surface area contributed by atoms with Gasteiger partial charge in [0, 0.05) is 0 Å². The van der Waals surface area contributed by atoms with Gasteiger partial charge in [-0.05, 0) is 51.9 Å². The molecule has 2 amide bonds. The maximum atomic E-state index is 12.8. The van der Waals surface area contributed by atoms with Crippen molar-refractivity contribution in [3.63, 3.8) is 0 Å². The zero-order chi connectivity index (χ0) is 19.7. The SMILES string of the molecule is O=C(O)c1cccc(/C=C2\SC(=O)N(Cc3cccc4ccccc34)C2=O)c1. The number of amides is 2. The van der Waals surface area contributed by atoms with Gasteiger partial charge in [-0.3, -0.25) is 14.5 Å². The molecule has 4 rings (SSSR count). The van der Waals surface area contributed by atoms with E-state index in [-0.39, 0.29) is 28.2 Å². The number of imide groups is 1. The fraction of sp³-hybridized carbons (Fsp3) is 0.0455. The lowest BCUT2D eigenvalue weighted by molar-refractivity contribution is -0.123. The highest BCUT2D eigenvalue weighted by Crippen LogP contribution is 2.34. The quantitative estimate of drug-likeness (QED) is 0.650. The number of carbonyl (C=O) groups is 3. The lowest BCUT2D eigenvalue weighted by Gasteiger charge is -2.14. The standard InChI is InChI=1S/C22H15NO4S/c24-20-19(12-14-5-3-8-16(11-14)21(25)26)28-22(27)23(20)13-17-9-4-7-15-6-1-2-10-18(15)17/h1-12H,13H2,(H,25,26)/b19-12-. The Morgan fingerprint density at radius 3 is 2.57 bits per heavy atom. The summed E-state index contributed by atoms with van der Waals surface area (Å²) in [7, 11) is 0. The first-order chi connectivity index (χ1) is 13.5. The summed E-state index contributed by atoms with van der Waals surface area (Å²) in [6.07, 6.45) is 1.56. The van der Waals surface area contributed by atoms with Gasteiger partial charge in [-0.25, -0.2) is 4.79 Å². The van der Waals surface area contributed by atoms with Crippen molar-refractivity contribution >= 4 is 45.7 Å². The van der Waals surface area contributed by atoms with Gasteiger partial charge in [0.2, 0.25) is 0 Å². The van der Waals surface area contributed by atoms with Crippen LogP contribution in [0, 0.1) is 0 Å². The molecule has 0 atom stereocenters. The molecule has 1 aliphatic heterocycles. The highest BCUT2D eigenvalue weighted by molar-refractivity contribution is 8.18. The van der Waals surface area contributed by atoms with E-state index in [1.54, 1.807) is 18.2 Å². The van der Waals surface area contributed by atoms with Gasteiger partial charge >= 0.3 is 5.97 Å². The Balaban J connectivity index is 1.62. The Labute approximate surface area is 165 Å². The number of carboxylic acids is 1. The van der Waals surface area contributed by atoms with Gasteiger partial charge in [0.25, 0.3) is 11.1 Å². The number of benzene rings is 3. The summed E-state index contributed by atoms with van der Waals surface area (Å²) in [5.41, 5.74) is 1.59. The summed E-state index contributed by atoms with van der Waals surface area (Å²) >= 11 is 0.867. The van der Waals surface area contributed by atoms with Crippen LogP contribution in [-0.4, -0.2) is 27.1 Å². The van der Waals surface area contributed by atoms with Crippen LogP contribution in [0.2, 0.25) is 0 Å². The Morgan fingerprint density at radius 1 is 1.00 bits per heavy atom. The molecule has 138 valence electrons. The summed E-state index contributed by atoms with van der Waals surface area (Å²) in [6.45, 7) is 0.193. The van der Waals surface area contributed by atoms with Crippen molar-refractivity contribution in [1.82, 2.24) is 4.90 Å². The van der Waals surface area contributed by atoms with E-state index < -0.39 is 5.97 Å². The average Bonchev–Trinajstić information content (AvgIpc) is 2.96. The second-order valence-electron chi connectivity index (χ2n) is 6.34. The molecule has 5 nitrogen and oxygen atoms in total. The predicted molar refractivity (Wildman–Crippen MR) is 109 cm³/mol. The number of carbonyl (C=O) groups excluding carboxylic acids is 2. The molecule has 3 aromatic rings. The normalized spacial score (nSPS) is 15.6. The van der Waals surface area contributed by atoms with Gasteiger partial charge in [0.05, 0.1) is 17.0 Å². The van der Waals surface area contributed by atoms with E-state index in [0.29, 0.717) is 5.56 Å². The summed E-state index contributed by atoms with van der Waals surface area (Å²) in [6, 6.07) is 19.9. The predicted octanol–water partition coefficient (Wildman–Crippen LogP) is 4.77. The third-order valence-electron chi connectivity index (χ3n) is 4.51. The molecule has 0 bridgehead atoms. The molecule has 1 heterocycles. The van der Waals surface area contributed by atoms with Gasteiger partial charge < -0.3 is 5.11 Å². The molecule has 28 heavy (non-hydrogen) atoms. The minimum atomic E-state index is -1.04. The van der Waals surface area contributed by atoms with Crippen molar-refractivity contribution < 1.29 is 19.5 Å². The van der Waals surface area contributed by atoms with Crippen molar-refractivity contribution in [3.8, 4) is 0 Å². The zero-order valence-electron chi connectivity index (χ0n) is 14.7. The van der Waals surface area contributed by atoms with Crippen LogP contribution in [0.4, 0.5) is 4.79 Å². The van der Waals surface area contributed by atoms with Crippen LogP contribution in [0.3, 0.4) is 0 Å². The molecule has 1 N–H and O–H groups in total. The summed E-state index contributed by atoms with van der Waals surface area (Å²) in [5, 5.41) is 10.8. The molecule has 0 radical (unpaired) electrons. The van der Waals surface area contributed by atoms with Gasteiger partial charge in [-0.2, -0.15) is 0 Å². The van der Waals surface area contributed by atoms with Crippen LogP contribution in [0.25, 0.3) is 16.8 Å². The Kier molecular flexibility index (Phi) is 4.71. The monoisotopic (exact) mass is 389 g/mol. The molecule has 1 aliphatic rings. The first-order valence-corrected chi connectivity index (χ1v) is 9.40. The van der Waals surface area contributed by atoms with E-state index in [1.807, 2.05) is 42.5 Å². The Hall–Kier alpha value is -3.38. The second kappa shape index (κ2) is 7.32. The summed E-state index contributed by atoms with van der Waals surface area (Å²) in [5.74, 6) is -1.41. The maximum absolute atomic E-state index is 12.8. The molecule has 1 saturated heterocycles. The minimum absolute atomic E-state index is 0.128. The van der Waals surface area contributed by atoms with E-state index >= 15 is 0 Å². The smallest absolute Gasteiger partial charge is 0.335 e. The first-order valence-electron chi connectivity index (χ1n) is 8.58. The van der Waals surface area contributed by atoms with E-state index in [2.05, 4.69) is 0 Å². The average molecular weight is 389 g/mol. The van der Waals surface area contributed by atoms with Crippen LogP contribution in [0.15, 0.2) is 71.6 Å². The fourth-order valence-corrected chi connectivity index (χ4v) is 3.99. The van der Waals surface area contributed by atoms with Crippen molar-refractivity contribution in [2.75, 3.05) is 0 Å². The van der Waals surface area contributed by atoms with Crippen molar-refractivity contribution in [2.24, 2.45) is 0 Å². The minimum Gasteiger partial charge on any atom is -0.478 e. The van der Waals surface area contributed by atoms with Gasteiger partial charge in [0.1, 0.15) is 0 Å². The number of nitrogens with zero attached hydrogens (tertiary/aromatic N) is 1. The molecule has 0 aliphatic carbocycles. The number of aromatic carboxylic acids is 1. The Morgan fingerprint density at radius 2 is 1.75 bits per heavy atom. The number of carboxylic acid groups (broad SMARTS) is 1. The van der Waals surface area contributed by atoms with Gasteiger partial charge in [-0.15, -0.1) is 0 Å². The number of hydrogen-bond donors (Lipinski definition) is 1. The zero-order valence-corrected chi connectivity index (χ0v) is 15.5. The van der Waals surface area contributed by atoms with Gasteiger partial charge in [0.15, 0.2) is 0 Å². The van der Waals surface area contributed by atoms with Crippen LogP contribution in [0.5, 0.6) is 0 Å². The van der Waals surface area contributed by atoms with Crippen molar-refractivity contribution in [1.29, 1.82) is 0 Å². The lowest BCUT2D eigenvalue weighted by Crippen LogP contribution is -2.27. The molecule has 3 aromatic carbocycles. The van der Waals surface area contributed by atoms with E-state index in [9.17, 15) is 14.4 Å². The fourth-order valence-electron chi connectivity index (χ4n) is 3.15. The van der Waals surface area contributed by atoms with Gasteiger partial charge in [-0.1, -0.05) is 54.6 Å². The maximum Gasteiger partial charge on any atom is 0.335 e. The van der Waals surface area contributed by atoms with Crippen molar-refractivity contribution in [3.05, 3.63) is 88.3 Å². The Bertz CT molecular complexity index is 1150. The lowest BCUT2D eigenvalue weighted by atomic mass is 10.0. The van der Waals surface area contributed by atoms with Crippen LogP contribution < -0.4 is 0 Å². The van der Waals surface area contributed by atoms with E-state index in [4.69, 9.17) is 5.11 Å². The van der Waals surface area contributed by atoms with Crippen molar-refractivity contribution in [2.45, 2.75) is 6.54 Å². The number of rotatable bonds is 4. The van der Waals surface area contributed by atoms with Crippen LogP contribution in [0.1, 0.15) is 21.5 Å². The number of thioether (sulfide) groups is 1. The number of hydrogen-bond acceptors (Lipinski definition) is 4. The molecular weight excluding hydrogens is 374 g/mol. The third-order valence-corrected chi connectivity index (χ3v) is 5.42. The molecule has 6 heteroatoms. The summed E-state index contributed by atoms with van der Waals surface area (Å²) < 4.78 is 0. The molecular formula is C22H15NO4S. The molecule has 0 spiro atoms. The molecule has 0 saturated carbocycles. The van der Waals surface area contributed by atoms with Crippen LogP contribution >= 0.6 is 11.8 Å². The second-order valence-corrected chi connectivity index (χ2v) is 7.33. The van der Waals surface area contributed by atoms with E-state index in [1.165, 1.54) is 17.0 Å². The third kappa shape index (κ3) is 3.42. The topological polar surface area (TPSA) is 74.7 Å². The highest BCUT2D eigenvalue weighted by Gasteiger charge is 2.35. The first kappa shape index (κ1) is 18.0. The molecule has 0 aromatic heterocycles. The number of fused-ring (bicyclic) bond motifs is 1. The summed E-state index contributed by atoms with van der Waals surface area (Å²) in [4.78, 5) is 37.8.